The van der Waals surface area contributed by atoms with Gasteiger partial charge in [-0.25, -0.2) is 9.59 Å². The number of anilines is 1. The van der Waals surface area contributed by atoms with Gasteiger partial charge >= 0.3 is 21.5 Å². The van der Waals surface area contributed by atoms with E-state index in [2.05, 4.69) is 38.3 Å². The highest BCUT2D eigenvalue weighted by Gasteiger charge is 2.24. The van der Waals surface area contributed by atoms with E-state index in [4.69, 9.17) is 73.8 Å². The number of phenols is 1. The summed E-state index contributed by atoms with van der Waals surface area (Å²) in [5.41, 5.74) is 3.64. The molecule has 4 aromatic rings. The highest BCUT2D eigenvalue weighted by Crippen LogP contribution is 2.27. The second kappa shape index (κ2) is 38.7. The number of amides is 1. The number of likely N-dealkylation sites (tertiary alicyclic amines) is 1. The molecule has 2 saturated heterocycles. The van der Waals surface area contributed by atoms with Crippen molar-refractivity contribution in [3.63, 3.8) is 0 Å². The van der Waals surface area contributed by atoms with Crippen molar-refractivity contribution in [1.29, 1.82) is 0 Å². The molecule has 0 spiro atoms. The predicted octanol–water partition coefficient (Wildman–Crippen LogP) is 15.3. The summed E-state index contributed by atoms with van der Waals surface area (Å²) < 4.78 is 17.1. The van der Waals surface area contributed by atoms with E-state index >= 15 is 0 Å². The number of terminal acetylenes is 2. The molecule has 1 amide bonds. The van der Waals surface area contributed by atoms with Crippen LogP contribution in [0.15, 0.2) is 103 Å². The Bertz CT molecular complexity index is 2090. The largest absolute Gasteiger partial charge is 0.508 e. The quantitative estimate of drug-likeness (QED) is 0.0903. The van der Waals surface area contributed by atoms with Crippen molar-refractivity contribution in [3.8, 4) is 41.9 Å². The maximum Gasteiger partial charge on any atom is 0.415 e. The zero-order valence-corrected chi connectivity index (χ0v) is 44.0. The second-order valence-electron chi connectivity index (χ2n) is 16.5. The van der Waals surface area contributed by atoms with E-state index in [1.807, 2.05) is 89.5 Å². The molecule has 384 valence electrons. The van der Waals surface area contributed by atoms with Crippen molar-refractivity contribution in [2.75, 3.05) is 45.3 Å². The molecule has 0 atom stereocenters. The van der Waals surface area contributed by atoms with Crippen LogP contribution < -0.4 is 14.4 Å². The van der Waals surface area contributed by atoms with Crippen LogP contribution >= 0.6 is 46.4 Å². The molecule has 0 unspecified atom stereocenters. The number of carbonyl (C=O) groups is 3. The van der Waals surface area contributed by atoms with E-state index < -0.39 is 15.4 Å². The Balaban J connectivity index is 0.000000823. The predicted molar refractivity (Wildman–Crippen MR) is 290 cm³/mol. The number of phenolic OH excluding ortho intramolecular Hbond substituents is 1. The Morgan fingerprint density at radius 2 is 1.17 bits per heavy atom. The molecular weight excluding hydrogens is 970 g/mol. The average Bonchev–Trinajstić information content (AvgIpc) is 3.89. The summed E-state index contributed by atoms with van der Waals surface area (Å²) in [6.45, 7) is 10.4. The molecular formula is C56H74Cl4N2O8. The topological polar surface area (TPSA) is 115 Å². The van der Waals surface area contributed by atoms with Gasteiger partial charge in [0, 0.05) is 77.5 Å². The first-order chi connectivity index (χ1) is 32.8. The summed E-state index contributed by atoms with van der Waals surface area (Å²) in [4.78, 5) is 36.1. The maximum atomic E-state index is 12.0. The van der Waals surface area contributed by atoms with Crippen molar-refractivity contribution < 1.29 is 38.4 Å². The molecule has 0 radical (unpaired) electrons. The van der Waals surface area contributed by atoms with E-state index in [1.54, 1.807) is 41.3 Å². The van der Waals surface area contributed by atoms with Gasteiger partial charge in [-0.1, -0.05) is 81.3 Å². The standard InChI is InChI=1S/C16H19NO2.C9H14.C8H7ClO2.C8H11N.C7H8O.C4H8O.C3H3Cl3O2.CH4/c1-3-5-14-8-10-17(11-9-14)16(18)19-15-7-4-6-13(2)12-15;1-2-6-9-7-4-3-5-8-9;1-6-3-2-4-7(5-6)11-8(9)10;1-9(2)8-6-4-3-5-7-8;1-6-3-2-4-7(8)5-6;1-2-4-5-3-1;1-2(7)8-3(4,5)6;/h1,4,6-7,12,14H,5,8-11H2,2H3;1,9H,3-8H2;2-5H,1H3;3-7H,1-2H3;2-5,8H,1H3;1-4H2;1H3;1H4. The third-order valence-corrected chi connectivity index (χ3v) is 10.5. The SMILES string of the molecule is C.C#CCC1CCCCC1.C#CCC1CCN(C(=O)Oc2cccc(C)c2)CC1.C1CCOC1.CC(=O)OC(Cl)(Cl)Cl.CN(C)c1ccccc1.Cc1cccc(O)c1.Cc1cccc(OC(=O)Cl)c1. The number of halogens is 4. The summed E-state index contributed by atoms with van der Waals surface area (Å²) in [7, 11) is 4.07. The Labute approximate surface area is 439 Å². The van der Waals surface area contributed by atoms with E-state index in [1.165, 1.54) is 50.6 Å². The molecule has 0 aromatic heterocycles. The number of rotatable bonds is 5. The lowest BCUT2D eigenvalue weighted by Gasteiger charge is -2.30. The molecule has 2 heterocycles. The van der Waals surface area contributed by atoms with Gasteiger partial charge in [0.25, 0.3) is 0 Å². The number of para-hydroxylation sites is 1. The van der Waals surface area contributed by atoms with E-state index in [0.717, 1.165) is 81.5 Å². The van der Waals surface area contributed by atoms with Gasteiger partial charge in [0.2, 0.25) is 0 Å². The van der Waals surface area contributed by atoms with Gasteiger partial charge in [-0.05, 0) is 171 Å². The van der Waals surface area contributed by atoms with Gasteiger partial charge in [0.1, 0.15) is 17.2 Å². The minimum Gasteiger partial charge on any atom is -0.508 e. The normalized spacial score (nSPS) is 13.7. The maximum absolute atomic E-state index is 12.0. The average molecular weight is 1050 g/mol. The Kier molecular flexibility index (Phi) is 35.9. The Morgan fingerprint density at radius 3 is 1.51 bits per heavy atom. The fraction of sp³-hybridized carbons (Fsp3) is 0.446. The minimum absolute atomic E-state index is 0. The molecule has 7 rings (SSSR count). The number of nitrogens with zero attached hydrogens (tertiary/aromatic N) is 2. The molecule has 0 bridgehead atoms. The third-order valence-electron chi connectivity index (χ3n) is 10.2. The number of alkyl halides is 3. The van der Waals surface area contributed by atoms with E-state index in [-0.39, 0.29) is 13.5 Å². The van der Waals surface area contributed by atoms with Gasteiger partial charge in [0.05, 0.1) is 0 Å². The van der Waals surface area contributed by atoms with E-state index in [9.17, 15) is 14.4 Å². The highest BCUT2D eigenvalue weighted by molar-refractivity contribution is 6.66. The summed E-state index contributed by atoms with van der Waals surface area (Å²) in [5, 5.41) is 8.81. The number of benzene rings is 4. The van der Waals surface area contributed by atoms with Crippen LogP contribution in [0.2, 0.25) is 0 Å². The third kappa shape index (κ3) is 35.1. The van der Waals surface area contributed by atoms with Crippen LogP contribution in [0.1, 0.15) is 102 Å². The fourth-order valence-electron chi connectivity index (χ4n) is 6.69. The Morgan fingerprint density at radius 1 is 0.700 bits per heavy atom. The lowest BCUT2D eigenvalue weighted by Crippen LogP contribution is -2.40. The Hall–Kier alpha value is -5.07. The monoisotopic (exact) mass is 1040 g/mol. The molecule has 3 aliphatic rings. The summed E-state index contributed by atoms with van der Waals surface area (Å²) in [6.07, 6.45) is 23.6. The van der Waals surface area contributed by atoms with Crippen LogP contribution in [0.25, 0.3) is 0 Å². The van der Waals surface area contributed by atoms with Gasteiger partial charge < -0.3 is 33.9 Å². The van der Waals surface area contributed by atoms with E-state index in [0.29, 0.717) is 23.2 Å². The summed E-state index contributed by atoms with van der Waals surface area (Å²) >= 11 is 20.1. The van der Waals surface area contributed by atoms with Gasteiger partial charge in [0.15, 0.2) is 0 Å². The molecule has 4 aromatic carbocycles. The number of aromatic hydroxyl groups is 1. The first kappa shape index (κ1) is 64.9. The van der Waals surface area contributed by atoms with Crippen molar-refractivity contribution in [3.05, 3.63) is 120 Å². The van der Waals surface area contributed by atoms with Crippen molar-refractivity contribution in [2.24, 2.45) is 11.8 Å². The number of piperidine rings is 1. The second-order valence-corrected chi connectivity index (χ2v) is 19.0. The molecule has 70 heavy (non-hydrogen) atoms. The fourth-order valence-corrected chi connectivity index (χ4v) is 7.10. The number of ether oxygens (including phenoxy) is 4. The molecule has 3 fully saturated rings. The lowest BCUT2D eigenvalue weighted by atomic mass is 9.87. The van der Waals surface area contributed by atoms with Crippen LogP contribution in [0.3, 0.4) is 0 Å². The molecule has 10 nitrogen and oxygen atoms in total. The lowest BCUT2D eigenvalue weighted by molar-refractivity contribution is -0.141. The molecule has 2 aliphatic heterocycles. The van der Waals surface area contributed by atoms with Crippen molar-refractivity contribution in [2.45, 2.75) is 110 Å². The van der Waals surface area contributed by atoms with Gasteiger partial charge in [-0.3, -0.25) is 4.79 Å². The van der Waals surface area contributed by atoms with Gasteiger partial charge in [-0.2, -0.15) is 0 Å². The zero-order valence-electron chi connectivity index (χ0n) is 40.9. The first-order valence-electron chi connectivity index (χ1n) is 23.0. The number of aryl methyl sites for hydroxylation is 3. The molecule has 1 saturated carbocycles. The van der Waals surface area contributed by atoms with Crippen molar-refractivity contribution in [1.82, 2.24) is 4.90 Å². The highest BCUT2D eigenvalue weighted by atomic mass is 35.6. The minimum atomic E-state index is -1.91. The molecule has 14 heteroatoms. The summed E-state index contributed by atoms with van der Waals surface area (Å²) in [6, 6.07) is 32.1. The number of hydrogen-bond donors (Lipinski definition) is 1. The number of hydrogen-bond acceptors (Lipinski definition) is 9. The van der Waals surface area contributed by atoms with Crippen LogP contribution in [0.4, 0.5) is 15.3 Å². The zero-order chi connectivity index (χ0) is 51.5. The smallest absolute Gasteiger partial charge is 0.415 e. The van der Waals surface area contributed by atoms with Gasteiger partial charge in [-0.15, -0.1) is 24.7 Å². The van der Waals surface area contributed by atoms with Crippen LogP contribution in [0, 0.1) is 57.3 Å². The molecule has 1 aliphatic carbocycles. The first-order valence-corrected chi connectivity index (χ1v) is 24.5. The van der Waals surface area contributed by atoms with Crippen LogP contribution in [-0.4, -0.2) is 71.9 Å². The van der Waals surface area contributed by atoms with Crippen LogP contribution in [0.5, 0.6) is 17.2 Å². The number of esters is 1. The molecule has 1 N–H and O–H groups in total. The summed E-state index contributed by atoms with van der Waals surface area (Å²) in [5.74, 6) is 7.65. The number of carbonyl (C=O) groups excluding carboxylic acids is 3. The van der Waals surface area contributed by atoms with Crippen molar-refractivity contribution >= 4 is 69.6 Å². The van der Waals surface area contributed by atoms with Crippen LogP contribution in [-0.2, 0) is 14.3 Å².